The Hall–Kier alpha value is -3.41. The first-order chi connectivity index (χ1) is 15.7. The maximum atomic E-state index is 12.6. The molecule has 0 saturated carbocycles. The number of benzene rings is 2. The van der Waals surface area contributed by atoms with Gasteiger partial charge >= 0.3 is 0 Å². The van der Waals surface area contributed by atoms with Gasteiger partial charge in [-0.25, -0.2) is 22.4 Å². The van der Waals surface area contributed by atoms with Gasteiger partial charge in [0.15, 0.2) is 0 Å². The number of aromatic nitrogens is 3. The van der Waals surface area contributed by atoms with E-state index in [9.17, 15) is 13.5 Å². The summed E-state index contributed by atoms with van der Waals surface area (Å²) in [6, 6.07) is 12.9. The summed E-state index contributed by atoms with van der Waals surface area (Å²) in [6.07, 6.45) is 2.38. The molecule has 8 heteroatoms. The lowest BCUT2D eigenvalue weighted by Crippen LogP contribution is -2.21. The Morgan fingerprint density at radius 3 is 2.55 bits per heavy atom. The van der Waals surface area contributed by atoms with Crippen LogP contribution in [0, 0.1) is 17.8 Å². The Kier molecular flexibility index (Phi) is 6.11. The van der Waals surface area contributed by atoms with Crippen LogP contribution in [0.2, 0.25) is 0 Å². The topological polar surface area (TPSA) is 97.1 Å². The normalized spacial score (nSPS) is 12.8. The Balaban J connectivity index is 1.69. The lowest BCUT2D eigenvalue weighted by atomic mass is 10.1. The Morgan fingerprint density at radius 2 is 1.82 bits per heavy atom. The van der Waals surface area contributed by atoms with Gasteiger partial charge < -0.3 is 10.4 Å². The third-order valence-electron chi connectivity index (χ3n) is 5.42. The van der Waals surface area contributed by atoms with Crippen molar-refractivity contribution < 1.29 is 13.5 Å². The average Bonchev–Trinajstić information content (AvgIpc) is 3.21. The molecule has 0 radical (unpaired) electrons. The predicted octanol–water partition coefficient (Wildman–Crippen LogP) is 4.28. The zero-order valence-corrected chi connectivity index (χ0v) is 19.8. The fourth-order valence-electron chi connectivity index (χ4n) is 3.34. The lowest BCUT2D eigenvalue weighted by molar-refractivity contribution is 0.181. The molecule has 2 N–H and O–H groups in total. The second-order valence-electron chi connectivity index (χ2n) is 8.52. The number of hydrogen-bond acceptors (Lipinski definition) is 6. The first-order valence-corrected chi connectivity index (χ1v) is 12.2. The quantitative estimate of drug-likeness (QED) is 0.430. The highest BCUT2D eigenvalue weighted by atomic mass is 32.2. The minimum Gasteiger partial charge on any atom is -0.380 e. The van der Waals surface area contributed by atoms with E-state index in [1.165, 1.54) is 10.3 Å². The molecular weight excluding hydrogens is 436 g/mol. The summed E-state index contributed by atoms with van der Waals surface area (Å²) in [5.74, 6) is 6.55. The highest BCUT2D eigenvalue weighted by Gasteiger charge is 2.20. The van der Waals surface area contributed by atoms with Gasteiger partial charge in [0, 0.05) is 28.2 Å². The van der Waals surface area contributed by atoms with E-state index >= 15 is 0 Å². The molecule has 2 heterocycles. The number of nitrogens with one attached hydrogen (secondary N) is 1. The van der Waals surface area contributed by atoms with Crippen LogP contribution in [0.3, 0.4) is 0 Å². The van der Waals surface area contributed by atoms with E-state index in [0.717, 1.165) is 27.5 Å². The van der Waals surface area contributed by atoms with Gasteiger partial charge in [0.05, 0.1) is 16.3 Å². The summed E-state index contributed by atoms with van der Waals surface area (Å²) in [6.45, 7) is 7.16. The highest BCUT2D eigenvalue weighted by Crippen LogP contribution is 2.27. The predicted molar refractivity (Wildman–Crippen MR) is 132 cm³/mol. The van der Waals surface area contributed by atoms with Crippen molar-refractivity contribution in [2.45, 2.75) is 39.0 Å². The van der Waals surface area contributed by atoms with Crippen molar-refractivity contribution in [3.05, 3.63) is 60.6 Å². The maximum Gasteiger partial charge on any atom is 0.241 e. The Bertz CT molecular complexity index is 1490. The van der Waals surface area contributed by atoms with Crippen LogP contribution in [-0.4, -0.2) is 38.8 Å². The van der Waals surface area contributed by atoms with Crippen LogP contribution in [0.15, 0.2) is 55.0 Å². The molecule has 1 unspecified atom stereocenters. The van der Waals surface area contributed by atoms with Gasteiger partial charge in [0.2, 0.25) is 10.0 Å². The van der Waals surface area contributed by atoms with Gasteiger partial charge in [-0.15, -0.1) is 0 Å². The summed E-state index contributed by atoms with van der Waals surface area (Å²) in [7, 11) is -3.44. The number of fused-ring (bicyclic) bond motifs is 2. The van der Waals surface area contributed by atoms with Crippen molar-refractivity contribution in [1.82, 2.24) is 13.9 Å². The summed E-state index contributed by atoms with van der Waals surface area (Å²) >= 11 is 0. The summed E-state index contributed by atoms with van der Waals surface area (Å²) in [5.41, 5.74) is 2.92. The average molecular weight is 463 g/mol. The van der Waals surface area contributed by atoms with Crippen LogP contribution in [0.1, 0.15) is 33.3 Å². The molecular formula is C25H26N4O3S. The largest absolute Gasteiger partial charge is 0.380 e. The molecule has 0 aliphatic rings. The van der Waals surface area contributed by atoms with E-state index in [1.54, 1.807) is 32.2 Å². The van der Waals surface area contributed by atoms with E-state index in [1.807, 2.05) is 44.2 Å². The van der Waals surface area contributed by atoms with Crippen molar-refractivity contribution in [2.24, 2.45) is 5.92 Å². The van der Waals surface area contributed by atoms with Crippen LogP contribution in [0.5, 0.6) is 0 Å². The number of hydrogen-bond donors (Lipinski definition) is 2. The van der Waals surface area contributed by atoms with Gasteiger partial charge in [0.25, 0.3) is 0 Å². The second kappa shape index (κ2) is 8.85. The van der Waals surface area contributed by atoms with Gasteiger partial charge in [-0.05, 0) is 62.2 Å². The molecule has 0 aliphatic carbocycles. The number of rotatable bonds is 5. The molecule has 0 saturated heterocycles. The van der Waals surface area contributed by atoms with Gasteiger partial charge in [0.1, 0.15) is 18.2 Å². The summed E-state index contributed by atoms with van der Waals surface area (Å²) < 4.78 is 26.5. The molecule has 0 aliphatic heterocycles. The van der Waals surface area contributed by atoms with Crippen molar-refractivity contribution in [1.29, 1.82) is 0 Å². The lowest BCUT2D eigenvalue weighted by Gasteiger charge is -2.12. The zero-order valence-electron chi connectivity index (χ0n) is 18.9. The molecule has 2 aromatic carbocycles. The molecule has 170 valence electrons. The van der Waals surface area contributed by atoms with Crippen LogP contribution in [0.25, 0.3) is 21.8 Å². The Morgan fingerprint density at radius 1 is 1.03 bits per heavy atom. The fraction of sp³-hybridized carbons (Fsp3) is 0.280. The minimum absolute atomic E-state index is 0.0545. The molecule has 2 aromatic heterocycles. The minimum atomic E-state index is -3.44. The van der Waals surface area contributed by atoms with Crippen molar-refractivity contribution in [3.63, 3.8) is 0 Å². The van der Waals surface area contributed by atoms with Crippen LogP contribution in [0.4, 0.5) is 11.5 Å². The van der Waals surface area contributed by atoms with Crippen molar-refractivity contribution in [3.8, 4) is 11.8 Å². The summed E-state index contributed by atoms with van der Waals surface area (Å²) in [4.78, 5) is 8.72. The maximum absolute atomic E-state index is 12.6. The standard InChI is InChI=1S/C25H26N4O3S/c1-16(2)24(30)10-6-18-5-8-22-21(13-18)25(27-15-26-22)28-20-7-9-23-19(14-20)11-12-29(23)33(31,32)17(3)4/h5,7-9,11-17,24,30H,1-4H3,(H,26,27,28). The molecule has 0 amide bonds. The van der Waals surface area contributed by atoms with Gasteiger partial charge in [-0.2, -0.15) is 0 Å². The van der Waals surface area contributed by atoms with Gasteiger partial charge in [-0.3, -0.25) is 0 Å². The van der Waals surface area contributed by atoms with Crippen molar-refractivity contribution in [2.75, 3.05) is 5.32 Å². The fourth-order valence-corrected chi connectivity index (χ4v) is 4.46. The molecule has 1 atom stereocenters. The first-order valence-electron chi connectivity index (χ1n) is 10.7. The van der Waals surface area contributed by atoms with E-state index in [-0.39, 0.29) is 5.92 Å². The molecule has 33 heavy (non-hydrogen) atoms. The number of nitrogens with zero attached hydrogens (tertiary/aromatic N) is 3. The molecule has 7 nitrogen and oxygen atoms in total. The van der Waals surface area contributed by atoms with E-state index < -0.39 is 21.4 Å². The smallest absolute Gasteiger partial charge is 0.241 e. The molecule has 0 spiro atoms. The first kappa shape index (κ1) is 22.8. The van der Waals surface area contributed by atoms with Crippen molar-refractivity contribution >= 4 is 43.3 Å². The van der Waals surface area contributed by atoms with Crippen LogP contribution in [-0.2, 0) is 10.0 Å². The molecule has 4 rings (SSSR count). The van der Waals surface area contributed by atoms with Crippen LogP contribution < -0.4 is 5.32 Å². The van der Waals surface area contributed by atoms with E-state index in [2.05, 4.69) is 27.1 Å². The SMILES string of the molecule is CC(C)C(O)C#Cc1ccc2ncnc(Nc3ccc4c(ccn4S(=O)(=O)C(C)C)c3)c2c1. The monoisotopic (exact) mass is 462 g/mol. The van der Waals surface area contributed by atoms with Gasteiger partial charge in [-0.1, -0.05) is 25.7 Å². The third kappa shape index (κ3) is 4.56. The number of aliphatic hydroxyl groups is 1. The zero-order chi connectivity index (χ0) is 23.8. The molecule has 0 bridgehead atoms. The van der Waals surface area contributed by atoms with E-state index in [0.29, 0.717) is 11.3 Å². The number of anilines is 2. The number of aliphatic hydroxyl groups excluding tert-OH is 1. The van der Waals surface area contributed by atoms with E-state index in [4.69, 9.17) is 0 Å². The van der Waals surface area contributed by atoms with Crippen LogP contribution >= 0.6 is 0 Å². The Labute approximate surface area is 193 Å². The molecule has 4 aromatic rings. The highest BCUT2D eigenvalue weighted by molar-refractivity contribution is 7.90. The third-order valence-corrected chi connectivity index (χ3v) is 7.48. The molecule has 0 fully saturated rings. The second-order valence-corrected chi connectivity index (χ2v) is 10.9. The summed E-state index contributed by atoms with van der Waals surface area (Å²) in [5, 5.41) is 14.4.